The minimum atomic E-state index is -0.440. The van der Waals surface area contributed by atoms with Gasteiger partial charge in [0, 0.05) is 13.1 Å². The Kier molecular flexibility index (Phi) is 4.93. The number of rotatable bonds is 3. The molecule has 0 aromatic carbocycles. The Hall–Kier alpha value is -1.10. The van der Waals surface area contributed by atoms with Gasteiger partial charge in [0.15, 0.2) is 0 Å². The Morgan fingerprint density at radius 1 is 1.29 bits per heavy atom. The lowest BCUT2D eigenvalue weighted by molar-refractivity contribution is -0.149. The van der Waals surface area contributed by atoms with Crippen LogP contribution in [0.4, 0.5) is 0 Å². The quantitative estimate of drug-likeness (QED) is 0.726. The van der Waals surface area contributed by atoms with Gasteiger partial charge in [0.25, 0.3) is 0 Å². The number of amides is 1. The molecule has 1 fully saturated rings. The summed E-state index contributed by atoms with van der Waals surface area (Å²) in [6.45, 7) is 5.06. The van der Waals surface area contributed by atoms with Crippen molar-refractivity contribution < 1.29 is 14.3 Å². The number of nitrogens with zero attached hydrogens (tertiary/aromatic N) is 1. The summed E-state index contributed by atoms with van der Waals surface area (Å²) in [5, 5.41) is 0. The van der Waals surface area contributed by atoms with E-state index < -0.39 is 6.04 Å². The van der Waals surface area contributed by atoms with Crippen LogP contribution in [-0.2, 0) is 14.3 Å². The number of hydrogen-bond acceptors (Lipinski definition) is 4. The van der Waals surface area contributed by atoms with Crippen LogP contribution in [0.1, 0.15) is 26.7 Å². The molecule has 1 saturated heterocycles. The fourth-order valence-electron chi connectivity index (χ4n) is 2.00. The predicted octanol–water partition coefficient (Wildman–Crippen LogP) is 0.381. The zero-order valence-electron chi connectivity index (χ0n) is 10.8. The summed E-state index contributed by atoms with van der Waals surface area (Å²) >= 11 is 0. The second-order valence-electron chi connectivity index (χ2n) is 4.89. The van der Waals surface area contributed by atoms with Crippen molar-refractivity contribution in [2.24, 2.45) is 17.6 Å². The maximum Gasteiger partial charge on any atom is 0.308 e. The largest absolute Gasteiger partial charge is 0.469 e. The molecule has 0 spiro atoms. The normalized spacial score (nSPS) is 19.2. The van der Waals surface area contributed by atoms with E-state index in [0.29, 0.717) is 25.9 Å². The molecule has 2 N–H and O–H groups in total. The Morgan fingerprint density at radius 3 is 2.24 bits per heavy atom. The van der Waals surface area contributed by atoms with E-state index in [9.17, 15) is 9.59 Å². The maximum atomic E-state index is 12.0. The van der Waals surface area contributed by atoms with E-state index in [-0.39, 0.29) is 23.7 Å². The molecule has 1 heterocycles. The molecule has 0 aromatic heterocycles. The summed E-state index contributed by atoms with van der Waals surface area (Å²) in [6, 6.07) is -0.440. The van der Waals surface area contributed by atoms with E-state index in [0.717, 1.165) is 0 Å². The molecule has 98 valence electrons. The minimum Gasteiger partial charge on any atom is -0.469 e. The number of hydrogen-bond donors (Lipinski definition) is 1. The van der Waals surface area contributed by atoms with Gasteiger partial charge in [-0.3, -0.25) is 9.59 Å². The average Bonchev–Trinajstić information content (AvgIpc) is 2.36. The van der Waals surface area contributed by atoms with Crippen molar-refractivity contribution in [1.82, 2.24) is 4.90 Å². The van der Waals surface area contributed by atoms with Crippen molar-refractivity contribution in [3.63, 3.8) is 0 Å². The van der Waals surface area contributed by atoms with Gasteiger partial charge in [-0.05, 0) is 18.8 Å². The van der Waals surface area contributed by atoms with Crippen LogP contribution in [0, 0.1) is 11.8 Å². The molecule has 0 bridgehead atoms. The van der Waals surface area contributed by atoms with Crippen molar-refractivity contribution in [3.05, 3.63) is 0 Å². The van der Waals surface area contributed by atoms with Crippen LogP contribution in [0.2, 0.25) is 0 Å². The fourth-order valence-corrected chi connectivity index (χ4v) is 2.00. The van der Waals surface area contributed by atoms with E-state index in [2.05, 4.69) is 0 Å². The van der Waals surface area contributed by atoms with Crippen LogP contribution in [0.3, 0.4) is 0 Å². The maximum absolute atomic E-state index is 12.0. The van der Waals surface area contributed by atoms with Crippen molar-refractivity contribution >= 4 is 11.9 Å². The lowest BCUT2D eigenvalue weighted by atomic mass is 9.95. The molecule has 5 nitrogen and oxygen atoms in total. The summed E-state index contributed by atoms with van der Waals surface area (Å²) in [6.07, 6.45) is 1.34. The van der Waals surface area contributed by atoms with Crippen LogP contribution in [0.25, 0.3) is 0 Å². The zero-order valence-corrected chi connectivity index (χ0v) is 10.8. The molecule has 17 heavy (non-hydrogen) atoms. The third-order valence-electron chi connectivity index (χ3n) is 3.34. The number of nitrogens with two attached hydrogens (primary N) is 1. The molecule has 1 aliphatic rings. The first-order valence-corrected chi connectivity index (χ1v) is 6.09. The first kappa shape index (κ1) is 14.0. The molecule has 0 radical (unpaired) electrons. The number of carbonyl (C=O) groups is 2. The van der Waals surface area contributed by atoms with Crippen molar-refractivity contribution in [3.8, 4) is 0 Å². The standard InChI is InChI=1S/C12H22N2O3/c1-8(2)10(13)11(15)14-6-4-9(5-7-14)12(16)17-3/h8-10H,4-7,13H2,1-3H3/t10-/m0/s1. The number of carbonyl (C=O) groups excluding carboxylic acids is 2. The highest BCUT2D eigenvalue weighted by Gasteiger charge is 2.30. The van der Waals surface area contributed by atoms with Gasteiger partial charge in [0.1, 0.15) is 0 Å². The number of piperidine rings is 1. The van der Waals surface area contributed by atoms with Gasteiger partial charge < -0.3 is 15.4 Å². The molecule has 1 rings (SSSR count). The Morgan fingerprint density at radius 2 is 1.82 bits per heavy atom. The molecule has 1 aliphatic heterocycles. The molecule has 5 heteroatoms. The lowest BCUT2D eigenvalue weighted by Gasteiger charge is -2.33. The van der Waals surface area contributed by atoms with Gasteiger partial charge in [-0.2, -0.15) is 0 Å². The van der Waals surface area contributed by atoms with Crippen molar-refractivity contribution in [2.45, 2.75) is 32.7 Å². The molecular formula is C12H22N2O3. The highest BCUT2D eigenvalue weighted by atomic mass is 16.5. The van der Waals surface area contributed by atoms with Crippen LogP contribution in [0.15, 0.2) is 0 Å². The van der Waals surface area contributed by atoms with Crippen LogP contribution < -0.4 is 5.73 Å². The molecule has 0 saturated carbocycles. The van der Waals surface area contributed by atoms with Gasteiger partial charge in [-0.1, -0.05) is 13.8 Å². The van der Waals surface area contributed by atoms with Crippen LogP contribution in [0.5, 0.6) is 0 Å². The summed E-state index contributed by atoms with van der Waals surface area (Å²) in [4.78, 5) is 25.1. The number of ether oxygens (including phenoxy) is 1. The van der Waals surface area contributed by atoms with Gasteiger partial charge >= 0.3 is 5.97 Å². The Labute approximate surface area is 102 Å². The Balaban J connectivity index is 2.47. The minimum absolute atomic E-state index is 0.0108. The summed E-state index contributed by atoms with van der Waals surface area (Å²) in [5.74, 6) is -0.117. The first-order valence-electron chi connectivity index (χ1n) is 6.09. The molecular weight excluding hydrogens is 220 g/mol. The zero-order chi connectivity index (χ0) is 13.0. The van der Waals surface area contributed by atoms with Crippen molar-refractivity contribution in [2.75, 3.05) is 20.2 Å². The molecule has 1 atom stereocenters. The summed E-state index contributed by atoms with van der Waals surface area (Å²) in [7, 11) is 1.40. The van der Waals surface area contributed by atoms with E-state index in [4.69, 9.17) is 10.5 Å². The number of esters is 1. The van der Waals surface area contributed by atoms with Crippen LogP contribution >= 0.6 is 0 Å². The smallest absolute Gasteiger partial charge is 0.308 e. The summed E-state index contributed by atoms with van der Waals surface area (Å²) in [5.41, 5.74) is 5.83. The van der Waals surface area contributed by atoms with Gasteiger partial charge in [0.2, 0.25) is 5.91 Å². The second kappa shape index (κ2) is 6.00. The van der Waals surface area contributed by atoms with Gasteiger partial charge in [-0.25, -0.2) is 0 Å². The average molecular weight is 242 g/mol. The third kappa shape index (κ3) is 3.43. The van der Waals surface area contributed by atoms with E-state index in [1.807, 2.05) is 13.8 Å². The van der Waals surface area contributed by atoms with E-state index in [1.165, 1.54) is 7.11 Å². The third-order valence-corrected chi connectivity index (χ3v) is 3.34. The SMILES string of the molecule is COC(=O)C1CCN(C(=O)[C@@H](N)C(C)C)CC1. The Bertz CT molecular complexity index is 283. The lowest BCUT2D eigenvalue weighted by Crippen LogP contribution is -2.49. The van der Waals surface area contributed by atoms with E-state index >= 15 is 0 Å². The fraction of sp³-hybridized carbons (Fsp3) is 0.833. The van der Waals surface area contributed by atoms with Gasteiger partial charge in [-0.15, -0.1) is 0 Å². The number of likely N-dealkylation sites (tertiary alicyclic amines) is 1. The topological polar surface area (TPSA) is 72.6 Å². The highest BCUT2D eigenvalue weighted by Crippen LogP contribution is 2.19. The van der Waals surface area contributed by atoms with Gasteiger partial charge in [0.05, 0.1) is 19.1 Å². The second-order valence-corrected chi connectivity index (χ2v) is 4.89. The summed E-state index contributed by atoms with van der Waals surface area (Å²) < 4.78 is 4.70. The molecule has 0 aliphatic carbocycles. The van der Waals surface area contributed by atoms with E-state index in [1.54, 1.807) is 4.90 Å². The monoisotopic (exact) mass is 242 g/mol. The predicted molar refractivity (Wildman–Crippen MR) is 64.1 cm³/mol. The number of methoxy groups -OCH3 is 1. The van der Waals surface area contributed by atoms with Crippen LogP contribution in [-0.4, -0.2) is 43.0 Å². The highest BCUT2D eigenvalue weighted by molar-refractivity contribution is 5.82. The first-order chi connectivity index (χ1) is 7.97. The molecule has 1 amide bonds. The molecule has 0 aromatic rings. The molecule has 0 unspecified atom stereocenters. The van der Waals surface area contributed by atoms with Crippen molar-refractivity contribution in [1.29, 1.82) is 0 Å².